The highest BCUT2D eigenvalue weighted by Gasteiger charge is 2.15. The topological polar surface area (TPSA) is 70.8 Å². The summed E-state index contributed by atoms with van der Waals surface area (Å²) in [7, 11) is 0. The molecular formula is C29H30N4O3. The third-order valence-electron chi connectivity index (χ3n) is 6.52. The summed E-state index contributed by atoms with van der Waals surface area (Å²) in [5.74, 6) is -0.119. The average molecular weight is 483 g/mol. The smallest absolute Gasteiger partial charge is 0.335 e. The molecule has 1 fully saturated rings. The quantitative estimate of drug-likeness (QED) is 0.381. The maximum absolute atomic E-state index is 11.2. The number of fused-ring (bicyclic) bond motifs is 1. The number of ether oxygens (including phenoxy) is 1. The van der Waals surface area contributed by atoms with E-state index >= 15 is 0 Å². The van der Waals surface area contributed by atoms with Crippen LogP contribution in [0.1, 0.15) is 15.9 Å². The standard InChI is InChI=1S/C29H30N4O3/c34-29(35)24-8-13-28-27(21-24)30-22-33(28)25-9-11-26(12-10-25)36-20-19-32-17-15-31(16-18-32)14-4-7-23-5-2-1-3-6-23/h1-13,21-22H,14-20H2,(H,34,35). The highest BCUT2D eigenvalue weighted by atomic mass is 16.5. The van der Waals surface area contributed by atoms with Gasteiger partial charge in [0.05, 0.1) is 16.6 Å². The molecule has 1 N–H and O–H groups in total. The fourth-order valence-corrected chi connectivity index (χ4v) is 4.44. The van der Waals surface area contributed by atoms with Crippen molar-refractivity contribution in [1.82, 2.24) is 19.4 Å². The summed E-state index contributed by atoms with van der Waals surface area (Å²) in [6.45, 7) is 6.80. The summed E-state index contributed by atoms with van der Waals surface area (Å²) in [4.78, 5) is 20.5. The number of carbonyl (C=O) groups is 1. The van der Waals surface area contributed by atoms with E-state index in [0.29, 0.717) is 12.1 Å². The summed E-state index contributed by atoms with van der Waals surface area (Å²) in [5.41, 5.74) is 3.95. The van der Waals surface area contributed by atoms with Crippen LogP contribution >= 0.6 is 0 Å². The Hall–Kier alpha value is -3.94. The number of nitrogens with zero attached hydrogens (tertiary/aromatic N) is 4. The Morgan fingerprint density at radius 2 is 1.69 bits per heavy atom. The van der Waals surface area contributed by atoms with E-state index in [1.165, 1.54) is 5.56 Å². The SMILES string of the molecule is O=C(O)c1ccc2c(c1)ncn2-c1ccc(OCCN2CCN(CC=Cc3ccccc3)CC2)cc1. The third-order valence-corrected chi connectivity index (χ3v) is 6.52. The minimum Gasteiger partial charge on any atom is -0.492 e. The second-order valence-electron chi connectivity index (χ2n) is 8.92. The van der Waals surface area contributed by atoms with Gasteiger partial charge in [0.1, 0.15) is 18.7 Å². The van der Waals surface area contributed by atoms with Crippen LogP contribution in [0, 0.1) is 0 Å². The normalized spacial score (nSPS) is 15.0. The van der Waals surface area contributed by atoms with Crippen LogP contribution in [-0.4, -0.2) is 76.3 Å². The fraction of sp³-hybridized carbons (Fsp3) is 0.241. The number of aromatic nitrogens is 2. The van der Waals surface area contributed by atoms with Gasteiger partial charge < -0.3 is 9.84 Å². The van der Waals surface area contributed by atoms with Gasteiger partial charge in [-0.05, 0) is 48.0 Å². The molecule has 2 heterocycles. The van der Waals surface area contributed by atoms with Crippen LogP contribution in [0.3, 0.4) is 0 Å². The van der Waals surface area contributed by atoms with Gasteiger partial charge in [-0.3, -0.25) is 14.4 Å². The van der Waals surface area contributed by atoms with Gasteiger partial charge in [0, 0.05) is 45.0 Å². The first-order chi connectivity index (χ1) is 17.7. The Bertz CT molecular complexity index is 1320. The van der Waals surface area contributed by atoms with E-state index < -0.39 is 5.97 Å². The Kier molecular flexibility index (Phi) is 7.40. The number of piperazine rings is 1. The van der Waals surface area contributed by atoms with E-state index in [1.807, 2.05) is 34.9 Å². The van der Waals surface area contributed by atoms with Crippen molar-refractivity contribution in [2.75, 3.05) is 45.9 Å². The largest absolute Gasteiger partial charge is 0.492 e. The highest BCUT2D eigenvalue weighted by molar-refractivity contribution is 5.92. The zero-order chi connectivity index (χ0) is 24.7. The van der Waals surface area contributed by atoms with Crippen molar-refractivity contribution in [3.63, 3.8) is 0 Å². The minimum atomic E-state index is -0.953. The van der Waals surface area contributed by atoms with E-state index in [1.54, 1.807) is 24.5 Å². The van der Waals surface area contributed by atoms with Gasteiger partial charge in [-0.1, -0.05) is 42.5 Å². The van der Waals surface area contributed by atoms with E-state index in [-0.39, 0.29) is 5.56 Å². The second-order valence-corrected chi connectivity index (χ2v) is 8.92. The van der Waals surface area contributed by atoms with Crippen LogP contribution in [-0.2, 0) is 0 Å². The van der Waals surface area contributed by atoms with Gasteiger partial charge in [0.15, 0.2) is 0 Å². The van der Waals surface area contributed by atoms with E-state index in [2.05, 4.69) is 51.2 Å². The molecule has 0 amide bonds. The monoisotopic (exact) mass is 482 g/mol. The molecule has 5 rings (SSSR count). The van der Waals surface area contributed by atoms with Crippen molar-refractivity contribution in [2.24, 2.45) is 0 Å². The maximum atomic E-state index is 11.2. The molecule has 0 aliphatic carbocycles. The summed E-state index contributed by atoms with van der Waals surface area (Å²) >= 11 is 0. The molecule has 7 nitrogen and oxygen atoms in total. The Morgan fingerprint density at radius 3 is 2.44 bits per heavy atom. The second kappa shape index (κ2) is 11.2. The fourth-order valence-electron chi connectivity index (χ4n) is 4.44. The van der Waals surface area contributed by atoms with Crippen molar-refractivity contribution in [1.29, 1.82) is 0 Å². The number of hydrogen-bond acceptors (Lipinski definition) is 5. The first-order valence-electron chi connectivity index (χ1n) is 12.3. The molecule has 0 atom stereocenters. The predicted octanol–water partition coefficient (Wildman–Crippen LogP) is 4.43. The molecule has 7 heteroatoms. The third kappa shape index (κ3) is 5.82. The molecule has 1 aliphatic rings. The Balaban J connectivity index is 1.06. The number of carboxylic acid groups (broad SMARTS) is 1. The van der Waals surface area contributed by atoms with Crippen molar-refractivity contribution >= 4 is 23.1 Å². The Labute approximate surface area is 210 Å². The predicted molar refractivity (Wildman–Crippen MR) is 142 cm³/mol. The van der Waals surface area contributed by atoms with Crippen LogP contribution in [0.5, 0.6) is 5.75 Å². The molecule has 36 heavy (non-hydrogen) atoms. The molecule has 3 aromatic carbocycles. The van der Waals surface area contributed by atoms with Crippen LogP contribution in [0.15, 0.2) is 85.2 Å². The molecule has 0 radical (unpaired) electrons. The lowest BCUT2D eigenvalue weighted by atomic mass is 10.2. The van der Waals surface area contributed by atoms with Crippen LogP contribution < -0.4 is 4.74 Å². The molecule has 0 spiro atoms. The lowest BCUT2D eigenvalue weighted by Gasteiger charge is -2.34. The van der Waals surface area contributed by atoms with Gasteiger partial charge >= 0.3 is 5.97 Å². The van der Waals surface area contributed by atoms with Crippen LogP contribution in [0.2, 0.25) is 0 Å². The number of carboxylic acids is 1. The van der Waals surface area contributed by atoms with E-state index in [0.717, 1.165) is 56.2 Å². The van der Waals surface area contributed by atoms with Gasteiger partial charge in [-0.25, -0.2) is 9.78 Å². The van der Waals surface area contributed by atoms with Crippen molar-refractivity contribution in [3.8, 4) is 11.4 Å². The molecule has 184 valence electrons. The molecule has 0 bridgehead atoms. The van der Waals surface area contributed by atoms with Crippen molar-refractivity contribution < 1.29 is 14.6 Å². The van der Waals surface area contributed by atoms with Gasteiger partial charge in [0.2, 0.25) is 0 Å². The zero-order valence-corrected chi connectivity index (χ0v) is 20.2. The number of benzene rings is 3. The number of rotatable bonds is 9. The molecule has 4 aromatic rings. The summed E-state index contributed by atoms with van der Waals surface area (Å²) in [6, 6.07) is 23.3. The van der Waals surface area contributed by atoms with Crippen molar-refractivity contribution in [2.45, 2.75) is 0 Å². The maximum Gasteiger partial charge on any atom is 0.335 e. The van der Waals surface area contributed by atoms with Gasteiger partial charge in [0.25, 0.3) is 0 Å². The summed E-state index contributed by atoms with van der Waals surface area (Å²) in [6.07, 6.45) is 6.15. The molecule has 1 aromatic heterocycles. The number of hydrogen-bond donors (Lipinski definition) is 1. The first-order valence-corrected chi connectivity index (χ1v) is 12.3. The van der Waals surface area contributed by atoms with Gasteiger partial charge in [-0.15, -0.1) is 0 Å². The molecule has 1 aliphatic heterocycles. The number of aromatic carboxylic acids is 1. The molecular weight excluding hydrogens is 452 g/mol. The zero-order valence-electron chi connectivity index (χ0n) is 20.2. The summed E-state index contributed by atoms with van der Waals surface area (Å²) < 4.78 is 7.94. The highest BCUT2D eigenvalue weighted by Crippen LogP contribution is 2.22. The van der Waals surface area contributed by atoms with Crippen LogP contribution in [0.25, 0.3) is 22.8 Å². The lowest BCUT2D eigenvalue weighted by molar-refractivity contribution is 0.0697. The van der Waals surface area contributed by atoms with Gasteiger partial charge in [-0.2, -0.15) is 0 Å². The summed E-state index contributed by atoms with van der Waals surface area (Å²) in [5, 5.41) is 9.18. The molecule has 0 unspecified atom stereocenters. The average Bonchev–Trinajstić information content (AvgIpc) is 3.34. The Morgan fingerprint density at radius 1 is 0.944 bits per heavy atom. The van der Waals surface area contributed by atoms with E-state index in [9.17, 15) is 9.90 Å². The minimum absolute atomic E-state index is 0.234. The lowest BCUT2D eigenvalue weighted by Crippen LogP contribution is -2.47. The molecule has 1 saturated heterocycles. The first kappa shape index (κ1) is 23.8. The van der Waals surface area contributed by atoms with Crippen LogP contribution in [0.4, 0.5) is 0 Å². The number of imidazole rings is 1. The van der Waals surface area contributed by atoms with E-state index in [4.69, 9.17) is 4.74 Å². The molecule has 0 saturated carbocycles. The van der Waals surface area contributed by atoms with Crippen molar-refractivity contribution in [3.05, 3.63) is 96.3 Å².